The van der Waals surface area contributed by atoms with E-state index in [1.54, 1.807) is 4.90 Å². The first-order valence-electron chi connectivity index (χ1n) is 11.0. The molecule has 6 heteroatoms. The molecule has 2 fully saturated rings. The Kier molecular flexibility index (Phi) is 8.10. The van der Waals surface area contributed by atoms with E-state index in [0.29, 0.717) is 26.1 Å². The van der Waals surface area contributed by atoms with Crippen LogP contribution in [0.1, 0.15) is 28.7 Å². The maximum absolute atomic E-state index is 12.7. The van der Waals surface area contributed by atoms with Gasteiger partial charge < -0.3 is 15.1 Å². The summed E-state index contributed by atoms with van der Waals surface area (Å²) in [6, 6.07) is 16.6. The second-order valence-corrected chi connectivity index (χ2v) is 8.68. The largest absolute Gasteiger partial charge is 0.335 e. The van der Waals surface area contributed by atoms with Crippen LogP contribution in [0, 0.1) is 12.8 Å². The van der Waals surface area contributed by atoms with Crippen LogP contribution in [0.3, 0.4) is 0 Å². The van der Waals surface area contributed by atoms with E-state index in [-0.39, 0.29) is 30.8 Å². The average Bonchev–Trinajstić information content (AvgIpc) is 3.24. The fraction of sp³-hybridized carbons (Fsp3) is 0.440. The first-order valence-corrected chi connectivity index (χ1v) is 11.0. The number of benzene rings is 2. The normalized spacial score (nSPS) is 18.7. The van der Waals surface area contributed by atoms with Crippen molar-refractivity contribution >= 4 is 24.2 Å². The Labute approximate surface area is 191 Å². The molecule has 5 nitrogen and oxygen atoms in total. The lowest BCUT2D eigenvalue weighted by Gasteiger charge is -2.34. The maximum atomic E-state index is 12.7. The minimum atomic E-state index is 0. The van der Waals surface area contributed by atoms with Crippen molar-refractivity contribution in [2.75, 3.05) is 32.7 Å². The number of aryl methyl sites for hydroxylation is 1. The highest BCUT2D eigenvalue weighted by atomic mass is 35.5. The van der Waals surface area contributed by atoms with Gasteiger partial charge in [-0.25, -0.2) is 0 Å². The van der Waals surface area contributed by atoms with Gasteiger partial charge in [0.1, 0.15) is 0 Å². The standard InChI is InChI=1S/C25H31N3O2.ClH/c1-19-3-2-4-23(13-19)17-27-11-12-28(18-25(27)30)24(29)15-21-7-5-20(6-8-21)14-22-9-10-26-16-22;/h2-8,13,22,26H,9-12,14-18H2,1H3;1H. The van der Waals surface area contributed by atoms with E-state index in [1.807, 2.05) is 17.0 Å². The molecule has 0 spiro atoms. The lowest BCUT2D eigenvalue weighted by atomic mass is 9.97. The topological polar surface area (TPSA) is 52.6 Å². The molecule has 2 saturated heterocycles. The van der Waals surface area contributed by atoms with Crippen molar-refractivity contribution in [1.82, 2.24) is 15.1 Å². The number of nitrogens with zero attached hydrogens (tertiary/aromatic N) is 2. The summed E-state index contributed by atoms with van der Waals surface area (Å²) >= 11 is 0. The number of carbonyl (C=O) groups excluding carboxylic acids is 2. The second-order valence-electron chi connectivity index (χ2n) is 8.68. The van der Waals surface area contributed by atoms with Crippen molar-refractivity contribution in [3.63, 3.8) is 0 Å². The number of piperazine rings is 1. The summed E-state index contributed by atoms with van der Waals surface area (Å²) in [5.74, 6) is 0.780. The SMILES string of the molecule is Cc1cccc(CN2CCN(C(=O)Cc3ccc(CC4CCNC4)cc3)CC2=O)c1.Cl. The molecule has 2 aromatic rings. The van der Waals surface area contributed by atoms with Gasteiger partial charge in [-0.05, 0) is 55.5 Å². The van der Waals surface area contributed by atoms with Gasteiger partial charge in [-0.3, -0.25) is 9.59 Å². The van der Waals surface area contributed by atoms with E-state index in [1.165, 1.54) is 17.5 Å². The molecule has 4 rings (SSSR count). The smallest absolute Gasteiger partial charge is 0.242 e. The lowest BCUT2D eigenvalue weighted by molar-refractivity contribution is -0.145. The molecule has 0 aromatic heterocycles. The zero-order valence-corrected chi connectivity index (χ0v) is 19.0. The van der Waals surface area contributed by atoms with Gasteiger partial charge >= 0.3 is 0 Å². The molecule has 31 heavy (non-hydrogen) atoms. The molecule has 0 saturated carbocycles. The number of hydrogen-bond donors (Lipinski definition) is 1. The summed E-state index contributed by atoms with van der Waals surface area (Å²) in [5.41, 5.74) is 4.68. The number of halogens is 1. The lowest BCUT2D eigenvalue weighted by Crippen LogP contribution is -2.52. The minimum Gasteiger partial charge on any atom is -0.335 e. The van der Waals surface area contributed by atoms with Crippen molar-refractivity contribution in [3.05, 3.63) is 70.8 Å². The zero-order chi connectivity index (χ0) is 20.9. The van der Waals surface area contributed by atoms with Crippen LogP contribution in [-0.4, -0.2) is 54.3 Å². The molecule has 1 N–H and O–H groups in total. The number of amides is 2. The van der Waals surface area contributed by atoms with Gasteiger partial charge in [0.25, 0.3) is 0 Å². The molecule has 1 unspecified atom stereocenters. The van der Waals surface area contributed by atoms with Crippen LogP contribution in [0.2, 0.25) is 0 Å². The molecule has 2 heterocycles. The van der Waals surface area contributed by atoms with Crippen LogP contribution in [-0.2, 0) is 29.0 Å². The van der Waals surface area contributed by atoms with Gasteiger partial charge in [0.05, 0.1) is 13.0 Å². The highest BCUT2D eigenvalue weighted by molar-refractivity contribution is 5.87. The monoisotopic (exact) mass is 441 g/mol. The van der Waals surface area contributed by atoms with Crippen molar-refractivity contribution < 1.29 is 9.59 Å². The van der Waals surface area contributed by atoms with E-state index in [0.717, 1.165) is 36.6 Å². The van der Waals surface area contributed by atoms with E-state index in [4.69, 9.17) is 0 Å². The quantitative estimate of drug-likeness (QED) is 0.749. The van der Waals surface area contributed by atoms with Crippen molar-refractivity contribution in [2.45, 2.75) is 32.7 Å². The summed E-state index contributed by atoms with van der Waals surface area (Å²) in [5, 5.41) is 3.41. The Morgan fingerprint density at radius 2 is 1.84 bits per heavy atom. The van der Waals surface area contributed by atoms with Gasteiger partial charge in [0.2, 0.25) is 11.8 Å². The van der Waals surface area contributed by atoms with Gasteiger partial charge in [0, 0.05) is 19.6 Å². The van der Waals surface area contributed by atoms with E-state index >= 15 is 0 Å². The van der Waals surface area contributed by atoms with Crippen LogP contribution in [0.5, 0.6) is 0 Å². The molecule has 0 radical (unpaired) electrons. The zero-order valence-electron chi connectivity index (χ0n) is 18.2. The number of nitrogens with one attached hydrogen (secondary N) is 1. The number of hydrogen-bond acceptors (Lipinski definition) is 3. The number of rotatable bonds is 6. The molecule has 0 aliphatic carbocycles. The Balaban J connectivity index is 0.00000272. The van der Waals surface area contributed by atoms with E-state index < -0.39 is 0 Å². The summed E-state index contributed by atoms with van der Waals surface area (Å²) < 4.78 is 0. The fourth-order valence-corrected chi connectivity index (χ4v) is 4.42. The molecular formula is C25H32ClN3O2. The fourth-order valence-electron chi connectivity index (χ4n) is 4.42. The van der Waals surface area contributed by atoms with Gasteiger partial charge in [-0.2, -0.15) is 0 Å². The molecule has 1 atom stereocenters. The van der Waals surface area contributed by atoms with Gasteiger partial charge in [-0.15, -0.1) is 12.4 Å². The highest BCUT2D eigenvalue weighted by Gasteiger charge is 2.27. The highest BCUT2D eigenvalue weighted by Crippen LogP contribution is 2.17. The third-order valence-corrected chi connectivity index (χ3v) is 6.19. The molecule has 2 aliphatic heterocycles. The van der Waals surface area contributed by atoms with Crippen LogP contribution in [0.25, 0.3) is 0 Å². The Morgan fingerprint density at radius 1 is 1.06 bits per heavy atom. The second kappa shape index (κ2) is 10.8. The van der Waals surface area contributed by atoms with E-state index in [9.17, 15) is 9.59 Å². The third kappa shape index (κ3) is 6.31. The minimum absolute atomic E-state index is 0. The van der Waals surface area contributed by atoms with Crippen molar-refractivity contribution in [1.29, 1.82) is 0 Å². The maximum Gasteiger partial charge on any atom is 0.242 e. The third-order valence-electron chi connectivity index (χ3n) is 6.19. The molecule has 2 aromatic carbocycles. The Hall–Kier alpha value is -2.37. The van der Waals surface area contributed by atoms with Crippen LogP contribution < -0.4 is 5.32 Å². The Bertz CT molecular complexity index is 894. The summed E-state index contributed by atoms with van der Waals surface area (Å²) in [4.78, 5) is 28.9. The molecular weight excluding hydrogens is 410 g/mol. The molecule has 166 valence electrons. The van der Waals surface area contributed by atoms with Crippen LogP contribution >= 0.6 is 12.4 Å². The van der Waals surface area contributed by atoms with Crippen LogP contribution in [0.15, 0.2) is 48.5 Å². The van der Waals surface area contributed by atoms with E-state index in [2.05, 4.69) is 48.6 Å². The Morgan fingerprint density at radius 3 is 2.52 bits per heavy atom. The summed E-state index contributed by atoms with van der Waals surface area (Å²) in [6.07, 6.45) is 2.69. The predicted molar refractivity (Wildman–Crippen MR) is 125 cm³/mol. The molecule has 2 amide bonds. The number of carbonyl (C=O) groups is 2. The molecule has 0 bridgehead atoms. The average molecular weight is 442 g/mol. The van der Waals surface area contributed by atoms with Crippen molar-refractivity contribution in [3.8, 4) is 0 Å². The first-order chi connectivity index (χ1) is 14.6. The summed E-state index contributed by atoms with van der Waals surface area (Å²) in [7, 11) is 0. The van der Waals surface area contributed by atoms with Gasteiger partial charge in [-0.1, -0.05) is 54.1 Å². The van der Waals surface area contributed by atoms with Crippen molar-refractivity contribution in [2.24, 2.45) is 5.92 Å². The van der Waals surface area contributed by atoms with Crippen LogP contribution in [0.4, 0.5) is 0 Å². The first kappa shape index (κ1) is 23.3. The summed E-state index contributed by atoms with van der Waals surface area (Å²) in [6.45, 7) is 6.26. The predicted octanol–water partition coefficient (Wildman–Crippen LogP) is 2.98. The van der Waals surface area contributed by atoms with Gasteiger partial charge in [0.15, 0.2) is 0 Å². The molecule has 2 aliphatic rings.